The number of rotatable bonds is 3. The Labute approximate surface area is 118 Å². The molecule has 1 aromatic carbocycles. The second-order valence-corrected chi connectivity index (χ2v) is 4.61. The summed E-state index contributed by atoms with van der Waals surface area (Å²) in [4.78, 5) is 15.1. The Bertz CT molecular complexity index is 657. The van der Waals surface area contributed by atoms with Crippen LogP contribution in [0.4, 0.5) is 8.78 Å². The van der Waals surface area contributed by atoms with E-state index in [4.69, 9.17) is 16.7 Å². The van der Waals surface area contributed by atoms with Gasteiger partial charge in [0.15, 0.2) is 0 Å². The van der Waals surface area contributed by atoms with Crippen LogP contribution in [0, 0.1) is 6.92 Å². The summed E-state index contributed by atoms with van der Waals surface area (Å²) in [5.74, 6) is -1.41. The Balaban J connectivity index is 2.62. The number of halogens is 3. The first-order valence-electron chi connectivity index (χ1n) is 5.69. The van der Waals surface area contributed by atoms with Gasteiger partial charge in [0.25, 0.3) is 6.43 Å². The molecule has 0 aliphatic rings. The smallest absolute Gasteiger partial charge is 0.338 e. The van der Waals surface area contributed by atoms with Crippen LogP contribution in [0.2, 0.25) is 5.02 Å². The Morgan fingerprint density at radius 3 is 2.40 bits per heavy atom. The maximum atomic E-state index is 13.0. The number of pyridine rings is 1. The summed E-state index contributed by atoms with van der Waals surface area (Å²) in [5.41, 5.74) is -0.0382. The summed E-state index contributed by atoms with van der Waals surface area (Å²) in [6.07, 6.45) is -2.88. The third-order valence-corrected chi connectivity index (χ3v) is 3.07. The zero-order valence-corrected chi connectivity index (χ0v) is 11.2. The molecule has 6 heteroatoms. The molecule has 0 bridgehead atoms. The lowest BCUT2D eigenvalue weighted by atomic mass is 10.0. The third-order valence-electron chi connectivity index (χ3n) is 2.82. The van der Waals surface area contributed by atoms with E-state index in [-0.39, 0.29) is 5.69 Å². The van der Waals surface area contributed by atoms with Gasteiger partial charge in [-0.05, 0) is 25.1 Å². The van der Waals surface area contributed by atoms with Gasteiger partial charge in [-0.25, -0.2) is 13.6 Å². The van der Waals surface area contributed by atoms with Gasteiger partial charge in [-0.3, -0.25) is 4.98 Å². The first kappa shape index (κ1) is 14.4. The van der Waals surface area contributed by atoms with Crippen molar-refractivity contribution in [2.75, 3.05) is 0 Å². The van der Waals surface area contributed by atoms with Crippen molar-refractivity contribution in [3.63, 3.8) is 0 Å². The first-order valence-corrected chi connectivity index (χ1v) is 6.07. The van der Waals surface area contributed by atoms with Crippen LogP contribution in [0.1, 0.15) is 28.0 Å². The van der Waals surface area contributed by atoms with Gasteiger partial charge in [-0.15, -0.1) is 0 Å². The molecule has 104 valence electrons. The van der Waals surface area contributed by atoms with Crippen LogP contribution in [0.25, 0.3) is 11.3 Å². The van der Waals surface area contributed by atoms with Gasteiger partial charge in [0.1, 0.15) is 0 Å². The third kappa shape index (κ3) is 2.77. The van der Waals surface area contributed by atoms with Crippen LogP contribution in [0.5, 0.6) is 0 Å². The predicted molar refractivity (Wildman–Crippen MR) is 71.3 cm³/mol. The molecule has 0 unspecified atom stereocenters. The normalized spacial score (nSPS) is 10.8. The van der Waals surface area contributed by atoms with Crippen LogP contribution in [-0.2, 0) is 0 Å². The molecular formula is C14H10ClF2NO2. The van der Waals surface area contributed by atoms with E-state index in [1.54, 1.807) is 24.3 Å². The molecule has 0 radical (unpaired) electrons. The van der Waals surface area contributed by atoms with Crippen LogP contribution >= 0.6 is 11.6 Å². The van der Waals surface area contributed by atoms with Crippen molar-refractivity contribution in [1.29, 1.82) is 0 Å². The van der Waals surface area contributed by atoms with E-state index >= 15 is 0 Å². The molecule has 0 atom stereocenters. The first-order chi connectivity index (χ1) is 9.40. The maximum Gasteiger partial charge on any atom is 0.338 e. The standard InChI is InChI=1S/C14H10ClF2NO2/c1-7-12(14(19)20)10(13(16)17)6-11(18-7)8-2-4-9(15)5-3-8/h2-6,13H,1H3,(H,19,20). The van der Waals surface area contributed by atoms with E-state index in [1.165, 1.54) is 6.92 Å². The van der Waals surface area contributed by atoms with E-state index in [0.29, 0.717) is 16.3 Å². The minimum atomic E-state index is -2.88. The molecule has 0 aliphatic carbocycles. The van der Waals surface area contributed by atoms with Gasteiger partial charge in [0.05, 0.1) is 17.0 Å². The lowest BCUT2D eigenvalue weighted by Gasteiger charge is -2.11. The minimum absolute atomic E-state index is 0.0558. The van der Waals surface area contributed by atoms with Gasteiger partial charge < -0.3 is 5.11 Å². The minimum Gasteiger partial charge on any atom is -0.478 e. The summed E-state index contributed by atoms with van der Waals surface area (Å²) in [7, 11) is 0. The average molecular weight is 298 g/mol. The summed E-state index contributed by atoms with van der Waals surface area (Å²) in [6, 6.07) is 7.60. The molecule has 0 spiro atoms. The molecule has 2 aromatic rings. The number of benzene rings is 1. The highest BCUT2D eigenvalue weighted by Gasteiger charge is 2.22. The van der Waals surface area contributed by atoms with E-state index in [0.717, 1.165) is 6.07 Å². The Morgan fingerprint density at radius 2 is 1.90 bits per heavy atom. The predicted octanol–water partition coefficient (Wildman–Crippen LogP) is 4.35. The molecule has 0 saturated heterocycles. The van der Waals surface area contributed by atoms with Crippen LogP contribution < -0.4 is 0 Å². The van der Waals surface area contributed by atoms with Gasteiger partial charge in [-0.2, -0.15) is 0 Å². The Hall–Kier alpha value is -2.01. The van der Waals surface area contributed by atoms with Crippen molar-refractivity contribution in [3.05, 3.63) is 52.2 Å². The van der Waals surface area contributed by atoms with Gasteiger partial charge in [0, 0.05) is 16.1 Å². The fourth-order valence-electron chi connectivity index (χ4n) is 1.92. The maximum absolute atomic E-state index is 13.0. The molecule has 1 aromatic heterocycles. The SMILES string of the molecule is Cc1nc(-c2ccc(Cl)cc2)cc(C(F)F)c1C(=O)O. The molecule has 1 N–H and O–H groups in total. The van der Waals surface area contributed by atoms with Gasteiger partial charge in [0.2, 0.25) is 0 Å². The fraction of sp³-hybridized carbons (Fsp3) is 0.143. The summed E-state index contributed by atoms with van der Waals surface area (Å²) in [6.45, 7) is 1.40. The second-order valence-electron chi connectivity index (χ2n) is 4.17. The monoisotopic (exact) mass is 297 g/mol. The highest BCUT2D eigenvalue weighted by molar-refractivity contribution is 6.30. The van der Waals surface area contributed by atoms with Crippen LogP contribution in [-0.4, -0.2) is 16.1 Å². The molecular weight excluding hydrogens is 288 g/mol. The molecule has 0 saturated carbocycles. The lowest BCUT2D eigenvalue weighted by molar-refractivity contribution is 0.0683. The van der Waals surface area contributed by atoms with Gasteiger partial charge >= 0.3 is 5.97 Å². The molecule has 2 rings (SSSR count). The second kappa shape index (κ2) is 5.54. The van der Waals surface area contributed by atoms with Crippen molar-refractivity contribution in [2.24, 2.45) is 0 Å². The molecule has 3 nitrogen and oxygen atoms in total. The van der Waals surface area contributed by atoms with E-state index in [2.05, 4.69) is 4.98 Å². The molecule has 0 amide bonds. The van der Waals surface area contributed by atoms with Crippen molar-refractivity contribution < 1.29 is 18.7 Å². The zero-order chi connectivity index (χ0) is 14.9. The Kier molecular flexibility index (Phi) is 3.99. The van der Waals surface area contributed by atoms with Crippen LogP contribution in [0.15, 0.2) is 30.3 Å². The highest BCUT2D eigenvalue weighted by Crippen LogP contribution is 2.29. The van der Waals surface area contributed by atoms with Gasteiger partial charge in [-0.1, -0.05) is 23.7 Å². The number of hydrogen-bond donors (Lipinski definition) is 1. The van der Waals surface area contributed by atoms with Crippen LogP contribution in [0.3, 0.4) is 0 Å². The van der Waals surface area contributed by atoms with Crippen molar-refractivity contribution in [3.8, 4) is 11.3 Å². The number of aromatic nitrogens is 1. The molecule has 20 heavy (non-hydrogen) atoms. The van der Waals surface area contributed by atoms with Crippen molar-refractivity contribution in [2.45, 2.75) is 13.3 Å². The van der Waals surface area contributed by atoms with Crippen molar-refractivity contribution in [1.82, 2.24) is 4.98 Å². The number of aryl methyl sites for hydroxylation is 1. The average Bonchev–Trinajstić information content (AvgIpc) is 2.37. The zero-order valence-electron chi connectivity index (χ0n) is 10.4. The molecule has 1 heterocycles. The summed E-state index contributed by atoms with van der Waals surface area (Å²) >= 11 is 5.76. The molecule has 0 fully saturated rings. The number of nitrogens with zero attached hydrogens (tertiary/aromatic N) is 1. The number of alkyl halides is 2. The Morgan fingerprint density at radius 1 is 1.30 bits per heavy atom. The number of hydrogen-bond acceptors (Lipinski definition) is 2. The highest BCUT2D eigenvalue weighted by atomic mass is 35.5. The summed E-state index contributed by atoms with van der Waals surface area (Å²) < 4.78 is 26.0. The quantitative estimate of drug-likeness (QED) is 0.916. The van der Waals surface area contributed by atoms with E-state index < -0.39 is 23.5 Å². The number of carboxylic acids is 1. The number of carboxylic acid groups (broad SMARTS) is 1. The lowest BCUT2D eigenvalue weighted by Crippen LogP contribution is -2.08. The van der Waals surface area contributed by atoms with E-state index in [1.807, 2.05) is 0 Å². The number of carbonyl (C=O) groups is 1. The number of aromatic carboxylic acids is 1. The summed E-state index contributed by atoms with van der Waals surface area (Å²) in [5, 5.41) is 9.52. The largest absolute Gasteiger partial charge is 0.478 e. The topological polar surface area (TPSA) is 50.2 Å². The molecule has 0 aliphatic heterocycles. The van der Waals surface area contributed by atoms with E-state index in [9.17, 15) is 13.6 Å². The fourth-order valence-corrected chi connectivity index (χ4v) is 2.04. The van der Waals surface area contributed by atoms with Crippen molar-refractivity contribution >= 4 is 17.6 Å².